The van der Waals surface area contributed by atoms with E-state index in [4.69, 9.17) is 9.47 Å². The number of hydrogen-bond acceptors (Lipinski definition) is 2. The molecule has 20 heavy (non-hydrogen) atoms. The van der Waals surface area contributed by atoms with Crippen LogP contribution >= 0.6 is 0 Å². The summed E-state index contributed by atoms with van der Waals surface area (Å²) in [5.74, 6) is 0.119. The first kappa shape index (κ1) is 14.5. The third-order valence-corrected chi connectivity index (χ3v) is 2.93. The van der Waals surface area contributed by atoms with Gasteiger partial charge in [-0.3, -0.25) is 0 Å². The first-order valence-corrected chi connectivity index (χ1v) is 6.24. The smallest absolute Gasteiger partial charge is 0.387 e. The first-order valence-electron chi connectivity index (χ1n) is 6.24. The van der Waals surface area contributed by atoms with Gasteiger partial charge in [0, 0.05) is 0 Å². The van der Waals surface area contributed by atoms with Crippen LogP contribution in [-0.4, -0.2) is 7.11 Å². The minimum atomic E-state index is -3.40. The lowest BCUT2D eigenvalue weighted by atomic mass is 10.1. The Labute approximate surface area is 117 Å². The summed E-state index contributed by atoms with van der Waals surface area (Å²) < 4.78 is 38.1. The molecule has 2 aromatic rings. The van der Waals surface area contributed by atoms with Crippen molar-refractivity contribution >= 4 is 0 Å². The molecule has 4 heteroatoms. The Bertz CT molecular complexity index is 568. The fraction of sp³-hybridized carbons (Fsp3) is 0.250. The fourth-order valence-corrected chi connectivity index (χ4v) is 1.88. The number of methoxy groups -OCH3 is 1. The monoisotopic (exact) mass is 278 g/mol. The zero-order valence-corrected chi connectivity index (χ0v) is 11.4. The Balaban J connectivity index is 2.19. The summed E-state index contributed by atoms with van der Waals surface area (Å²) in [6.45, 7) is 1.58. The number of aryl methyl sites for hydroxylation is 1. The Morgan fingerprint density at radius 3 is 2.40 bits per heavy atom. The molecule has 2 nitrogen and oxygen atoms in total. The van der Waals surface area contributed by atoms with Gasteiger partial charge in [-0.1, -0.05) is 42.0 Å². The minimum Gasteiger partial charge on any atom is -0.496 e. The van der Waals surface area contributed by atoms with Crippen molar-refractivity contribution in [1.29, 1.82) is 0 Å². The van der Waals surface area contributed by atoms with Crippen LogP contribution in [-0.2, 0) is 17.5 Å². The molecule has 0 atom stereocenters. The molecule has 2 rings (SSSR count). The Morgan fingerprint density at radius 1 is 1.05 bits per heavy atom. The average Bonchev–Trinajstić information content (AvgIpc) is 2.46. The molecule has 0 fully saturated rings. The van der Waals surface area contributed by atoms with Crippen molar-refractivity contribution in [2.75, 3.05) is 7.11 Å². The molecule has 2 aromatic carbocycles. The molecular weight excluding hydrogens is 262 g/mol. The van der Waals surface area contributed by atoms with Crippen LogP contribution in [0.2, 0.25) is 0 Å². The van der Waals surface area contributed by atoms with Crippen LogP contribution in [0.1, 0.15) is 16.7 Å². The van der Waals surface area contributed by atoms with Crippen molar-refractivity contribution in [3.8, 4) is 5.75 Å². The Kier molecular flexibility index (Phi) is 4.35. The molecule has 0 bridgehead atoms. The maximum atomic E-state index is 14.2. The van der Waals surface area contributed by atoms with Gasteiger partial charge in [-0.25, -0.2) is 0 Å². The number of hydrogen-bond donors (Lipinski definition) is 0. The minimum absolute atomic E-state index is 0.119. The van der Waals surface area contributed by atoms with Gasteiger partial charge in [-0.2, -0.15) is 8.78 Å². The van der Waals surface area contributed by atoms with E-state index < -0.39 is 6.11 Å². The van der Waals surface area contributed by atoms with Crippen molar-refractivity contribution in [3.05, 3.63) is 65.2 Å². The molecule has 0 unspecified atom stereocenters. The van der Waals surface area contributed by atoms with E-state index in [-0.39, 0.29) is 17.9 Å². The third-order valence-electron chi connectivity index (χ3n) is 2.93. The van der Waals surface area contributed by atoms with Crippen LogP contribution in [0, 0.1) is 6.92 Å². The molecule has 0 amide bonds. The zero-order chi connectivity index (χ0) is 14.6. The second-order valence-electron chi connectivity index (χ2n) is 4.49. The lowest BCUT2D eigenvalue weighted by Gasteiger charge is -2.20. The quantitative estimate of drug-likeness (QED) is 0.813. The van der Waals surface area contributed by atoms with Gasteiger partial charge in [0.05, 0.1) is 19.3 Å². The van der Waals surface area contributed by atoms with Gasteiger partial charge in [-0.05, 0) is 24.6 Å². The SMILES string of the molecule is COc1ccc(C)cc1C(F)(F)OCc1ccccc1. The van der Waals surface area contributed by atoms with Crippen molar-refractivity contribution in [1.82, 2.24) is 0 Å². The van der Waals surface area contributed by atoms with Crippen molar-refractivity contribution in [3.63, 3.8) is 0 Å². The molecule has 0 heterocycles. The lowest BCUT2D eigenvalue weighted by Crippen LogP contribution is -2.19. The van der Waals surface area contributed by atoms with E-state index in [1.54, 1.807) is 37.3 Å². The summed E-state index contributed by atoms with van der Waals surface area (Å²) in [5.41, 5.74) is 1.17. The van der Waals surface area contributed by atoms with Gasteiger partial charge in [0.1, 0.15) is 5.75 Å². The van der Waals surface area contributed by atoms with E-state index in [0.717, 1.165) is 5.56 Å². The van der Waals surface area contributed by atoms with E-state index in [9.17, 15) is 8.78 Å². The second-order valence-corrected chi connectivity index (χ2v) is 4.49. The predicted molar refractivity (Wildman–Crippen MR) is 72.9 cm³/mol. The van der Waals surface area contributed by atoms with Crippen LogP contribution in [0.3, 0.4) is 0 Å². The molecule has 0 aliphatic rings. The summed E-state index contributed by atoms with van der Waals surface area (Å²) >= 11 is 0. The second kappa shape index (κ2) is 6.01. The highest BCUT2D eigenvalue weighted by molar-refractivity contribution is 5.38. The molecule has 0 aromatic heterocycles. The predicted octanol–water partition coefficient (Wildman–Crippen LogP) is 4.27. The Hall–Kier alpha value is -1.94. The average molecular weight is 278 g/mol. The van der Waals surface area contributed by atoms with Gasteiger partial charge < -0.3 is 9.47 Å². The topological polar surface area (TPSA) is 18.5 Å². The van der Waals surface area contributed by atoms with Crippen LogP contribution in [0.25, 0.3) is 0 Å². The van der Waals surface area contributed by atoms with Gasteiger partial charge in [0.2, 0.25) is 0 Å². The van der Waals surface area contributed by atoms with Crippen LogP contribution in [0.4, 0.5) is 8.78 Å². The summed E-state index contributed by atoms with van der Waals surface area (Å²) in [6.07, 6.45) is -3.40. The molecule has 0 N–H and O–H groups in total. The van der Waals surface area contributed by atoms with Crippen molar-refractivity contribution in [2.24, 2.45) is 0 Å². The van der Waals surface area contributed by atoms with Crippen LogP contribution in [0.5, 0.6) is 5.75 Å². The summed E-state index contributed by atoms with van der Waals surface area (Å²) in [4.78, 5) is 0. The first-order chi connectivity index (χ1) is 9.53. The molecule has 0 saturated carbocycles. The zero-order valence-electron chi connectivity index (χ0n) is 11.4. The highest BCUT2D eigenvalue weighted by Crippen LogP contribution is 2.37. The van der Waals surface area contributed by atoms with Gasteiger partial charge in [-0.15, -0.1) is 0 Å². The molecular formula is C16H16F2O2. The fourth-order valence-electron chi connectivity index (χ4n) is 1.88. The normalized spacial score (nSPS) is 11.4. The third kappa shape index (κ3) is 3.33. The van der Waals surface area contributed by atoms with E-state index in [1.165, 1.54) is 19.2 Å². The number of benzene rings is 2. The molecule has 0 saturated heterocycles. The van der Waals surface area contributed by atoms with Crippen LogP contribution in [0.15, 0.2) is 48.5 Å². The van der Waals surface area contributed by atoms with E-state index in [2.05, 4.69) is 0 Å². The van der Waals surface area contributed by atoms with Gasteiger partial charge >= 0.3 is 6.11 Å². The van der Waals surface area contributed by atoms with E-state index in [0.29, 0.717) is 5.56 Å². The number of alkyl halides is 2. The summed E-state index contributed by atoms with van der Waals surface area (Å²) in [6, 6.07) is 13.5. The van der Waals surface area contributed by atoms with E-state index >= 15 is 0 Å². The molecule has 0 spiro atoms. The molecule has 0 radical (unpaired) electrons. The highest BCUT2D eigenvalue weighted by Gasteiger charge is 2.36. The van der Waals surface area contributed by atoms with Crippen molar-refractivity contribution in [2.45, 2.75) is 19.6 Å². The molecule has 0 aliphatic carbocycles. The largest absolute Gasteiger partial charge is 0.496 e. The molecule has 0 aliphatic heterocycles. The molecule has 106 valence electrons. The number of halogens is 2. The Morgan fingerprint density at radius 2 is 1.75 bits per heavy atom. The van der Waals surface area contributed by atoms with Crippen LogP contribution < -0.4 is 4.74 Å². The summed E-state index contributed by atoms with van der Waals surface area (Å²) in [5, 5.41) is 0. The van der Waals surface area contributed by atoms with E-state index in [1.807, 2.05) is 6.07 Å². The standard InChI is InChI=1S/C16H16F2O2/c1-12-8-9-15(19-2)14(10-12)16(17,18)20-11-13-6-4-3-5-7-13/h3-10H,11H2,1-2H3. The summed E-state index contributed by atoms with van der Waals surface area (Å²) in [7, 11) is 1.36. The number of rotatable bonds is 5. The van der Waals surface area contributed by atoms with Gasteiger partial charge in [0.25, 0.3) is 0 Å². The number of ether oxygens (including phenoxy) is 2. The van der Waals surface area contributed by atoms with Crippen molar-refractivity contribution < 1.29 is 18.3 Å². The maximum Gasteiger partial charge on any atom is 0.387 e. The highest BCUT2D eigenvalue weighted by atomic mass is 19.3. The maximum absolute atomic E-state index is 14.2. The van der Waals surface area contributed by atoms with Gasteiger partial charge in [0.15, 0.2) is 0 Å². The lowest BCUT2D eigenvalue weighted by molar-refractivity contribution is -0.256.